The second kappa shape index (κ2) is 6.02. The van der Waals surface area contributed by atoms with Gasteiger partial charge in [0.15, 0.2) is 5.65 Å². The standard InChI is InChI=1S/C22H25N7/c1-4-27-21(20-7-13(2)22-23-10-14(3)29(22)26-20)9-19(25-27)18-8-17(18)15-11-24-28(12-15)16-5-6-16/h7,9-12,16-18H,4-6,8H2,1-3H3. The molecule has 0 aliphatic heterocycles. The molecule has 0 N–H and O–H groups in total. The van der Waals surface area contributed by atoms with E-state index in [1.54, 1.807) is 0 Å². The maximum Gasteiger partial charge on any atom is 0.156 e. The quantitative estimate of drug-likeness (QED) is 0.518. The topological polar surface area (TPSA) is 65.8 Å². The van der Waals surface area contributed by atoms with Crippen LogP contribution < -0.4 is 0 Å². The summed E-state index contributed by atoms with van der Waals surface area (Å²) in [4.78, 5) is 4.47. The molecule has 2 aliphatic carbocycles. The molecule has 7 nitrogen and oxygen atoms in total. The second-order valence-corrected chi connectivity index (χ2v) is 8.55. The molecule has 29 heavy (non-hydrogen) atoms. The Labute approximate surface area is 169 Å². The summed E-state index contributed by atoms with van der Waals surface area (Å²) in [5.74, 6) is 1.03. The van der Waals surface area contributed by atoms with Crippen molar-refractivity contribution in [1.29, 1.82) is 0 Å². The van der Waals surface area contributed by atoms with Gasteiger partial charge in [-0.3, -0.25) is 9.36 Å². The van der Waals surface area contributed by atoms with Gasteiger partial charge >= 0.3 is 0 Å². The fourth-order valence-corrected chi connectivity index (χ4v) is 4.40. The largest absolute Gasteiger partial charge is 0.269 e. The zero-order chi connectivity index (χ0) is 19.7. The van der Waals surface area contributed by atoms with E-state index in [0.717, 1.165) is 41.3 Å². The van der Waals surface area contributed by atoms with Crippen LogP contribution >= 0.6 is 0 Å². The molecule has 0 amide bonds. The second-order valence-electron chi connectivity index (χ2n) is 8.55. The van der Waals surface area contributed by atoms with Gasteiger partial charge in [-0.05, 0) is 69.2 Å². The third-order valence-electron chi connectivity index (χ3n) is 6.32. The maximum atomic E-state index is 4.94. The molecule has 2 aliphatic rings. The Morgan fingerprint density at radius 3 is 2.72 bits per heavy atom. The Morgan fingerprint density at radius 1 is 1.07 bits per heavy atom. The number of fused-ring (bicyclic) bond motifs is 1. The van der Waals surface area contributed by atoms with E-state index in [1.165, 1.54) is 24.1 Å². The highest BCUT2D eigenvalue weighted by Crippen LogP contribution is 2.54. The molecule has 0 saturated heterocycles. The molecule has 4 heterocycles. The lowest BCUT2D eigenvalue weighted by Gasteiger charge is -2.07. The molecule has 0 radical (unpaired) electrons. The SMILES string of the molecule is CCn1nc(C2CC2c2cnn(C3CC3)c2)cc1-c1cc(C)c2ncc(C)n2n1. The molecule has 2 unspecified atom stereocenters. The van der Waals surface area contributed by atoms with Crippen LogP contribution in [0, 0.1) is 13.8 Å². The fraction of sp³-hybridized carbons (Fsp3) is 0.455. The van der Waals surface area contributed by atoms with Gasteiger partial charge in [0.2, 0.25) is 0 Å². The summed E-state index contributed by atoms with van der Waals surface area (Å²) in [6.45, 7) is 7.09. The van der Waals surface area contributed by atoms with E-state index in [0.29, 0.717) is 17.9 Å². The summed E-state index contributed by atoms with van der Waals surface area (Å²) in [7, 11) is 0. The molecule has 0 bridgehead atoms. The van der Waals surface area contributed by atoms with Gasteiger partial charge < -0.3 is 0 Å². The molecular weight excluding hydrogens is 362 g/mol. The lowest BCUT2D eigenvalue weighted by molar-refractivity contribution is 0.640. The van der Waals surface area contributed by atoms with E-state index in [1.807, 2.05) is 17.6 Å². The van der Waals surface area contributed by atoms with Crippen molar-refractivity contribution in [3.8, 4) is 11.4 Å². The Morgan fingerprint density at radius 2 is 1.93 bits per heavy atom. The molecule has 2 fully saturated rings. The van der Waals surface area contributed by atoms with E-state index in [9.17, 15) is 0 Å². The Bertz CT molecular complexity index is 1220. The molecule has 148 valence electrons. The van der Waals surface area contributed by atoms with E-state index in [4.69, 9.17) is 10.2 Å². The lowest BCUT2D eigenvalue weighted by atomic mass is 10.1. The van der Waals surface area contributed by atoms with Crippen LogP contribution in [-0.2, 0) is 6.54 Å². The highest BCUT2D eigenvalue weighted by atomic mass is 15.3. The zero-order valence-electron chi connectivity index (χ0n) is 17.1. The van der Waals surface area contributed by atoms with Crippen molar-refractivity contribution >= 4 is 5.65 Å². The van der Waals surface area contributed by atoms with Crippen molar-refractivity contribution in [2.75, 3.05) is 0 Å². The highest BCUT2D eigenvalue weighted by Gasteiger charge is 2.43. The first kappa shape index (κ1) is 16.9. The summed E-state index contributed by atoms with van der Waals surface area (Å²) in [6, 6.07) is 5.00. The minimum absolute atomic E-state index is 0.484. The van der Waals surface area contributed by atoms with Gasteiger partial charge in [-0.25, -0.2) is 9.50 Å². The average Bonchev–Trinajstić information content (AvgIpc) is 3.60. The normalized spacial score (nSPS) is 21.2. The van der Waals surface area contributed by atoms with Gasteiger partial charge in [-0.2, -0.15) is 15.3 Å². The van der Waals surface area contributed by atoms with Crippen molar-refractivity contribution in [2.45, 2.75) is 64.5 Å². The Hall–Kier alpha value is -2.96. The first-order valence-electron chi connectivity index (χ1n) is 10.6. The van der Waals surface area contributed by atoms with Crippen LogP contribution in [0.4, 0.5) is 0 Å². The molecule has 2 atom stereocenters. The fourth-order valence-electron chi connectivity index (χ4n) is 4.40. The summed E-state index contributed by atoms with van der Waals surface area (Å²) in [6.07, 6.45) is 9.88. The van der Waals surface area contributed by atoms with Crippen LogP contribution in [0.5, 0.6) is 0 Å². The zero-order valence-corrected chi connectivity index (χ0v) is 17.1. The van der Waals surface area contributed by atoms with Crippen molar-refractivity contribution in [1.82, 2.24) is 34.2 Å². The molecule has 6 rings (SSSR count). The number of aryl methyl sites for hydroxylation is 3. The summed E-state index contributed by atoms with van der Waals surface area (Å²) in [5.41, 5.74) is 7.67. The predicted molar refractivity (Wildman–Crippen MR) is 110 cm³/mol. The van der Waals surface area contributed by atoms with Crippen LogP contribution in [0.15, 0.2) is 30.7 Å². The van der Waals surface area contributed by atoms with Gasteiger partial charge in [0, 0.05) is 18.7 Å². The van der Waals surface area contributed by atoms with Gasteiger partial charge in [0.05, 0.1) is 35.5 Å². The first-order chi connectivity index (χ1) is 14.1. The first-order valence-corrected chi connectivity index (χ1v) is 10.6. The summed E-state index contributed by atoms with van der Waals surface area (Å²) >= 11 is 0. The number of aromatic nitrogens is 7. The smallest absolute Gasteiger partial charge is 0.156 e. The van der Waals surface area contributed by atoms with Gasteiger partial charge in [0.25, 0.3) is 0 Å². The molecular formula is C22H25N7. The Balaban J connectivity index is 1.33. The summed E-state index contributed by atoms with van der Waals surface area (Å²) in [5, 5.41) is 14.4. The molecule has 4 aromatic heterocycles. The predicted octanol–water partition coefficient (Wildman–Crippen LogP) is 4.03. The van der Waals surface area contributed by atoms with Crippen molar-refractivity contribution in [3.63, 3.8) is 0 Å². The third kappa shape index (κ3) is 2.71. The maximum absolute atomic E-state index is 4.94. The third-order valence-corrected chi connectivity index (χ3v) is 6.32. The van der Waals surface area contributed by atoms with Gasteiger partial charge in [0.1, 0.15) is 5.69 Å². The van der Waals surface area contributed by atoms with Crippen molar-refractivity contribution < 1.29 is 0 Å². The van der Waals surface area contributed by atoms with E-state index < -0.39 is 0 Å². The van der Waals surface area contributed by atoms with E-state index in [2.05, 4.69) is 57.8 Å². The van der Waals surface area contributed by atoms with Crippen molar-refractivity contribution in [2.24, 2.45) is 0 Å². The van der Waals surface area contributed by atoms with E-state index >= 15 is 0 Å². The lowest BCUT2D eigenvalue weighted by Crippen LogP contribution is -2.04. The monoisotopic (exact) mass is 387 g/mol. The van der Waals surface area contributed by atoms with Crippen LogP contribution in [-0.4, -0.2) is 34.2 Å². The van der Waals surface area contributed by atoms with Crippen LogP contribution in [0.1, 0.15) is 66.6 Å². The van der Waals surface area contributed by atoms with Crippen LogP contribution in [0.25, 0.3) is 17.0 Å². The van der Waals surface area contributed by atoms with Gasteiger partial charge in [-0.15, -0.1) is 0 Å². The molecule has 4 aromatic rings. The number of rotatable bonds is 5. The van der Waals surface area contributed by atoms with Crippen LogP contribution in [0.2, 0.25) is 0 Å². The Kier molecular flexibility index (Phi) is 3.52. The van der Waals surface area contributed by atoms with E-state index in [-0.39, 0.29) is 0 Å². The number of hydrogen-bond acceptors (Lipinski definition) is 4. The summed E-state index contributed by atoms with van der Waals surface area (Å²) < 4.78 is 6.16. The number of imidazole rings is 1. The number of nitrogens with zero attached hydrogens (tertiary/aromatic N) is 7. The van der Waals surface area contributed by atoms with Crippen molar-refractivity contribution in [3.05, 3.63) is 53.2 Å². The molecule has 2 saturated carbocycles. The molecule has 7 heteroatoms. The minimum atomic E-state index is 0.484. The van der Waals surface area contributed by atoms with Crippen LogP contribution in [0.3, 0.4) is 0 Å². The minimum Gasteiger partial charge on any atom is -0.269 e. The molecule has 0 aromatic carbocycles. The van der Waals surface area contributed by atoms with Gasteiger partial charge in [-0.1, -0.05) is 0 Å². The highest BCUT2D eigenvalue weighted by molar-refractivity contribution is 5.61. The molecule has 0 spiro atoms. The number of hydrogen-bond donors (Lipinski definition) is 0. The average molecular weight is 387 g/mol.